The Balaban J connectivity index is 1.78. The third-order valence-electron chi connectivity index (χ3n) is 3.98. The second kappa shape index (κ2) is 6.72. The summed E-state index contributed by atoms with van der Waals surface area (Å²) >= 11 is 1.11. The molecule has 0 aromatic carbocycles. The van der Waals surface area contributed by atoms with E-state index in [4.69, 9.17) is 10.8 Å². The van der Waals surface area contributed by atoms with Crippen LogP contribution >= 0.6 is 11.3 Å². The van der Waals surface area contributed by atoms with Gasteiger partial charge >= 0.3 is 5.97 Å². The van der Waals surface area contributed by atoms with Crippen molar-refractivity contribution >= 4 is 40.0 Å². The van der Waals surface area contributed by atoms with E-state index in [9.17, 15) is 19.5 Å². The van der Waals surface area contributed by atoms with E-state index in [1.54, 1.807) is 0 Å². The number of amides is 2. The molecule has 2 aliphatic rings. The van der Waals surface area contributed by atoms with Crippen LogP contribution in [0.5, 0.6) is 0 Å². The molecule has 11 nitrogen and oxygen atoms in total. The van der Waals surface area contributed by atoms with Gasteiger partial charge in [-0.3, -0.25) is 14.5 Å². The minimum Gasteiger partial charge on any atom is -0.477 e. The molecule has 2 amide bonds. The average molecular weight is 381 g/mol. The molecule has 2 unspecified atom stereocenters. The van der Waals surface area contributed by atoms with Crippen LogP contribution in [0, 0.1) is 0 Å². The Morgan fingerprint density at radius 1 is 1.54 bits per heavy atom. The minimum absolute atomic E-state index is 0.105. The molecule has 1 saturated heterocycles. The van der Waals surface area contributed by atoms with Crippen molar-refractivity contribution in [1.82, 2.24) is 15.2 Å². The summed E-state index contributed by atoms with van der Waals surface area (Å²) in [5.41, 5.74) is 5.26. The molecule has 0 spiro atoms. The molecular weight excluding hydrogens is 366 g/mol. The second-order valence-corrected chi connectivity index (χ2v) is 6.47. The maximum atomic E-state index is 12.5. The second-order valence-electron chi connectivity index (χ2n) is 5.58. The van der Waals surface area contributed by atoms with Crippen molar-refractivity contribution in [1.29, 1.82) is 0 Å². The van der Waals surface area contributed by atoms with E-state index in [2.05, 4.69) is 20.3 Å². The molecule has 0 saturated carbocycles. The molecule has 1 aromatic heterocycles. The predicted octanol–water partition coefficient (Wildman–Crippen LogP) is -1.50. The fraction of sp³-hybridized carbons (Fsp3) is 0.357. The summed E-state index contributed by atoms with van der Waals surface area (Å²) in [6.45, 7) is 0. The summed E-state index contributed by atoms with van der Waals surface area (Å²) < 4.78 is 0. The van der Waals surface area contributed by atoms with Crippen LogP contribution in [0.3, 0.4) is 0 Å². The number of nitrogens with one attached hydrogen (secondary N) is 1. The van der Waals surface area contributed by atoms with Gasteiger partial charge in [-0.1, -0.05) is 5.16 Å². The number of β-lactam (4-membered cyclic amide) rings is 1. The first kappa shape index (κ1) is 17.8. The Labute approximate surface area is 150 Å². The SMILES string of the molecule is CO/N=C(\C(=O)NC1C(=O)N2C(C(=O)O)=C[C@@H](O)CC12)c1csc(N)n1. The number of carbonyl (C=O) groups excluding carboxylic acids is 2. The molecule has 26 heavy (non-hydrogen) atoms. The Hall–Kier alpha value is -2.99. The van der Waals surface area contributed by atoms with Crippen molar-refractivity contribution in [2.24, 2.45) is 5.16 Å². The highest BCUT2D eigenvalue weighted by Crippen LogP contribution is 2.33. The highest BCUT2D eigenvalue weighted by atomic mass is 32.1. The van der Waals surface area contributed by atoms with Gasteiger partial charge in [-0.2, -0.15) is 0 Å². The lowest BCUT2D eigenvalue weighted by Crippen LogP contribution is -2.72. The zero-order valence-corrected chi connectivity index (χ0v) is 14.3. The average Bonchev–Trinajstić information content (AvgIpc) is 3.02. The van der Waals surface area contributed by atoms with Gasteiger partial charge < -0.3 is 26.1 Å². The number of carbonyl (C=O) groups is 3. The normalized spacial score (nSPS) is 25.1. The van der Waals surface area contributed by atoms with E-state index in [-0.39, 0.29) is 28.7 Å². The number of hydrogen-bond acceptors (Lipinski definition) is 9. The van der Waals surface area contributed by atoms with Gasteiger partial charge in [0, 0.05) is 11.8 Å². The number of oxime groups is 1. The molecule has 0 radical (unpaired) electrons. The zero-order chi connectivity index (χ0) is 19.0. The van der Waals surface area contributed by atoms with Gasteiger partial charge in [0.1, 0.15) is 24.5 Å². The number of nitrogens with zero attached hydrogens (tertiary/aromatic N) is 3. The fourth-order valence-electron chi connectivity index (χ4n) is 2.90. The van der Waals surface area contributed by atoms with Crippen molar-refractivity contribution in [3.05, 3.63) is 22.8 Å². The van der Waals surface area contributed by atoms with Crippen molar-refractivity contribution in [3.63, 3.8) is 0 Å². The Kier molecular flexibility index (Phi) is 4.61. The van der Waals surface area contributed by atoms with Gasteiger partial charge in [-0.15, -0.1) is 11.3 Å². The largest absolute Gasteiger partial charge is 0.477 e. The van der Waals surface area contributed by atoms with Crippen LogP contribution in [0.25, 0.3) is 0 Å². The number of hydrogen-bond donors (Lipinski definition) is 4. The molecule has 0 aliphatic carbocycles. The number of thiazole rings is 1. The van der Waals surface area contributed by atoms with Gasteiger partial charge in [0.2, 0.25) is 0 Å². The van der Waals surface area contributed by atoms with Crippen molar-refractivity contribution in [3.8, 4) is 0 Å². The smallest absolute Gasteiger partial charge is 0.352 e. The van der Waals surface area contributed by atoms with Crippen molar-refractivity contribution < 1.29 is 29.4 Å². The number of carboxylic acid groups (broad SMARTS) is 1. The third-order valence-corrected chi connectivity index (χ3v) is 4.65. The molecule has 12 heteroatoms. The number of aliphatic hydroxyl groups excluding tert-OH is 1. The lowest BCUT2D eigenvalue weighted by molar-refractivity contribution is -0.156. The minimum atomic E-state index is -1.33. The molecule has 5 N–H and O–H groups in total. The monoisotopic (exact) mass is 381 g/mol. The maximum Gasteiger partial charge on any atom is 0.352 e. The first-order valence-electron chi connectivity index (χ1n) is 7.43. The Bertz CT molecular complexity index is 834. The van der Waals surface area contributed by atoms with E-state index >= 15 is 0 Å². The van der Waals surface area contributed by atoms with Crippen LogP contribution in [0.15, 0.2) is 22.3 Å². The number of aliphatic hydroxyl groups is 1. The van der Waals surface area contributed by atoms with Crippen LogP contribution in [-0.4, -0.2) is 68.9 Å². The van der Waals surface area contributed by atoms with Crippen molar-refractivity contribution in [2.75, 3.05) is 12.8 Å². The van der Waals surface area contributed by atoms with E-state index in [0.29, 0.717) is 0 Å². The number of rotatable bonds is 5. The molecule has 3 heterocycles. The summed E-state index contributed by atoms with van der Waals surface area (Å²) in [7, 11) is 1.25. The summed E-state index contributed by atoms with van der Waals surface area (Å²) in [5.74, 6) is -2.64. The quantitative estimate of drug-likeness (QED) is 0.272. The van der Waals surface area contributed by atoms with Crippen LogP contribution in [-0.2, 0) is 19.2 Å². The van der Waals surface area contributed by atoms with Gasteiger partial charge in [-0.25, -0.2) is 9.78 Å². The van der Waals surface area contributed by atoms with Gasteiger partial charge in [0.15, 0.2) is 10.8 Å². The van der Waals surface area contributed by atoms with E-state index in [1.165, 1.54) is 12.5 Å². The van der Waals surface area contributed by atoms with Crippen LogP contribution < -0.4 is 11.1 Å². The lowest BCUT2D eigenvalue weighted by atomic mass is 9.85. The summed E-state index contributed by atoms with van der Waals surface area (Å²) in [5, 5.41) is 26.8. The van der Waals surface area contributed by atoms with Crippen LogP contribution in [0.4, 0.5) is 5.13 Å². The third kappa shape index (κ3) is 2.99. The molecule has 0 bridgehead atoms. The molecule has 1 fully saturated rings. The van der Waals surface area contributed by atoms with Gasteiger partial charge in [-0.05, 0) is 6.08 Å². The number of anilines is 1. The topological polar surface area (TPSA) is 167 Å². The molecule has 3 atom stereocenters. The van der Waals surface area contributed by atoms with E-state index < -0.39 is 36.0 Å². The first-order valence-corrected chi connectivity index (χ1v) is 8.31. The molecule has 1 aromatic rings. The number of aromatic nitrogens is 1. The first-order chi connectivity index (χ1) is 12.3. The predicted molar refractivity (Wildman–Crippen MR) is 89.0 cm³/mol. The van der Waals surface area contributed by atoms with Crippen LogP contribution in [0.1, 0.15) is 12.1 Å². The number of fused-ring (bicyclic) bond motifs is 1. The summed E-state index contributed by atoms with van der Waals surface area (Å²) in [6.07, 6.45) is 0.179. The Morgan fingerprint density at radius 2 is 2.27 bits per heavy atom. The zero-order valence-electron chi connectivity index (χ0n) is 13.4. The van der Waals surface area contributed by atoms with E-state index in [1.807, 2.05) is 0 Å². The standard InChI is InChI=1S/C14H15N5O6S/c1-25-18-9(6-4-26-14(15)16-6)11(21)17-10-7-2-5(20)3-8(13(23)24)19(7)12(10)22/h3-5,7,10,20H,2H2,1H3,(H2,15,16)(H,17,21)(H,23,24)/b18-9-/t5-,7?,10?/m0/s1. The number of nitrogen functional groups attached to an aromatic ring is 1. The molecule has 138 valence electrons. The van der Waals surface area contributed by atoms with Gasteiger partial charge in [0.25, 0.3) is 11.8 Å². The summed E-state index contributed by atoms with van der Waals surface area (Å²) in [6, 6.07) is -1.65. The molecule has 3 rings (SSSR count). The highest BCUT2D eigenvalue weighted by molar-refractivity contribution is 7.13. The summed E-state index contributed by atoms with van der Waals surface area (Å²) in [4.78, 5) is 45.7. The lowest BCUT2D eigenvalue weighted by Gasteiger charge is -2.49. The van der Waals surface area contributed by atoms with E-state index in [0.717, 1.165) is 22.3 Å². The maximum absolute atomic E-state index is 12.5. The molecule has 2 aliphatic heterocycles. The highest BCUT2D eigenvalue weighted by Gasteiger charge is 2.53. The number of nitrogens with two attached hydrogens (primary N) is 1. The van der Waals surface area contributed by atoms with Crippen molar-refractivity contribution in [2.45, 2.75) is 24.6 Å². The Morgan fingerprint density at radius 3 is 2.85 bits per heavy atom. The van der Waals surface area contributed by atoms with Crippen LogP contribution in [0.2, 0.25) is 0 Å². The van der Waals surface area contributed by atoms with Gasteiger partial charge in [0.05, 0.1) is 12.1 Å². The fourth-order valence-corrected chi connectivity index (χ4v) is 3.44. The number of carboxylic acids is 1. The number of aliphatic carboxylic acids is 1. The molecular formula is C14H15N5O6S.